The van der Waals surface area contributed by atoms with Crippen molar-refractivity contribution in [2.24, 2.45) is 0 Å². The first-order valence-electron chi connectivity index (χ1n) is 6.87. The lowest BCUT2D eigenvalue weighted by molar-refractivity contribution is -0.109. The van der Waals surface area contributed by atoms with Gasteiger partial charge < -0.3 is 20.1 Å². The molecule has 5 nitrogen and oxygen atoms in total. The van der Waals surface area contributed by atoms with Crippen LogP contribution >= 0.6 is 0 Å². The lowest BCUT2D eigenvalue weighted by Crippen LogP contribution is -2.33. The second-order valence-electron chi connectivity index (χ2n) is 5.10. The van der Waals surface area contributed by atoms with Crippen LogP contribution < -0.4 is 10.6 Å². The van der Waals surface area contributed by atoms with Gasteiger partial charge in [0, 0.05) is 31.5 Å². The molecule has 0 aromatic heterocycles. The Bertz CT molecular complexity index is 456. The Hall–Kier alpha value is -1.59. The van der Waals surface area contributed by atoms with Gasteiger partial charge in [0.05, 0.1) is 6.04 Å². The molecule has 0 bridgehead atoms. The van der Waals surface area contributed by atoms with E-state index in [1.54, 1.807) is 14.2 Å². The molecule has 0 spiro atoms. The van der Waals surface area contributed by atoms with Gasteiger partial charge in [-0.15, -0.1) is 0 Å². The van der Waals surface area contributed by atoms with Crippen LogP contribution in [0.4, 0.5) is 5.69 Å². The molecule has 0 saturated heterocycles. The van der Waals surface area contributed by atoms with Crippen molar-refractivity contribution in [1.29, 1.82) is 0 Å². The van der Waals surface area contributed by atoms with Crippen LogP contribution in [0.15, 0.2) is 24.3 Å². The SMILES string of the molecule is COC(OC)C(C)Nc1cccc(C(=O)NC2CC2)c1. The van der Waals surface area contributed by atoms with Crippen LogP contribution in [-0.2, 0) is 9.47 Å². The maximum Gasteiger partial charge on any atom is 0.251 e. The van der Waals surface area contributed by atoms with E-state index in [2.05, 4.69) is 10.6 Å². The molecule has 1 amide bonds. The number of anilines is 1. The molecule has 0 radical (unpaired) electrons. The number of hydrogen-bond donors (Lipinski definition) is 2. The predicted molar refractivity (Wildman–Crippen MR) is 77.8 cm³/mol. The van der Waals surface area contributed by atoms with Gasteiger partial charge in [-0.1, -0.05) is 6.07 Å². The minimum Gasteiger partial charge on any atom is -0.377 e. The zero-order chi connectivity index (χ0) is 14.5. The second-order valence-corrected chi connectivity index (χ2v) is 5.10. The van der Waals surface area contributed by atoms with Crippen molar-refractivity contribution in [2.75, 3.05) is 19.5 Å². The van der Waals surface area contributed by atoms with Gasteiger partial charge in [-0.25, -0.2) is 0 Å². The van der Waals surface area contributed by atoms with E-state index >= 15 is 0 Å². The minimum atomic E-state index is -0.334. The lowest BCUT2D eigenvalue weighted by Gasteiger charge is -2.23. The number of amides is 1. The van der Waals surface area contributed by atoms with E-state index in [0.29, 0.717) is 11.6 Å². The average Bonchev–Trinajstić information content (AvgIpc) is 3.24. The van der Waals surface area contributed by atoms with Crippen LogP contribution in [0.3, 0.4) is 0 Å². The van der Waals surface area contributed by atoms with Gasteiger partial charge in [-0.05, 0) is 38.0 Å². The maximum atomic E-state index is 12.0. The van der Waals surface area contributed by atoms with Crippen molar-refractivity contribution in [3.05, 3.63) is 29.8 Å². The van der Waals surface area contributed by atoms with Crippen molar-refractivity contribution in [1.82, 2.24) is 5.32 Å². The third-order valence-electron chi connectivity index (χ3n) is 3.30. The fraction of sp³-hybridized carbons (Fsp3) is 0.533. The highest BCUT2D eigenvalue weighted by Gasteiger charge is 2.24. The molecule has 1 saturated carbocycles. The molecule has 1 aromatic rings. The normalized spacial score (nSPS) is 16.0. The van der Waals surface area contributed by atoms with Crippen molar-refractivity contribution in [3.63, 3.8) is 0 Å². The summed E-state index contributed by atoms with van der Waals surface area (Å²) in [4.78, 5) is 12.0. The summed E-state index contributed by atoms with van der Waals surface area (Å²) in [5.41, 5.74) is 1.54. The van der Waals surface area contributed by atoms with E-state index < -0.39 is 0 Å². The van der Waals surface area contributed by atoms with Crippen molar-refractivity contribution < 1.29 is 14.3 Å². The fourth-order valence-corrected chi connectivity index (χ4v) is 2.08. The van der Waals surface area contributed by atoms with Gasteiger partial charge in [0.1, 0.15) is 0 Å². The molecule has 1 atom stereocenters. The third-order valence-corrected chi connectivity index (χ3v) is 3.30. The molecule has 1 unspecified atom stereocenters. The minimum absolute atomic E-state index is 0.0150. The summed E-state index contributed by atoms with van der Waals surface area (Å²) in [5, 5.41) is 6.26. The Balaban J connectivity index is 1.99. The number of carbonyl (C=O) groups excluding carboxylic acids is 1. The van der Waals surface area contributed by atoms with Crippen molar-refractivity contribution in [2.45, 2.75) is 38.1 Å². The molecule has 5 heteroatoms. The molecule has 1 fully saturated rings. The first-order chi connectivity index (χ1) is 9.63. The summed E-state index contributed by atoms with van der Waals surface area (Å²) >= 11 is 0. The number of methoxy groups -OCH3 is 2. The Kier molecular flexibility index (Phi) is 4.98. The Morgan fingerprint density at radius 2 is 2.00 bits per heavy atom. The fourth-order valence-electron chi connectivity index (χ4n) is 2.08. The highest BCUT2D eigenvalue weighted by Crippen LogP contribution is 2.20. The molecule has 0 heterocycles. The van der Waals surface area contributed by atoms with Crippen LogP contribution in [0.2, 0.25) is 0 Å². The first-order valence-corrected chi connectivity index (χ1v) is 6.87. The van der Waals surface area contributed by atoms with Crippen molar-refractivity contribution >= 4 is 11.6 Å². The molecular formula is C15H22N2O3. The quantitative estimate of drug-likeness (QED) is 0.749. The van der Waals surface area contributed by atoms with E-state index in [-0.39, 0.29) is 18.2 Å². The zero-order valence-corrected chi connectivity index (χ0v) is 12.2. The topological polar surface area (TPSA) is 59.6 Å². The van der Waals surface area contributed by atoms with Gasteiger partial charge in [0.25, 0.3) is 5.91 Å². The smallest absolute Gasteiger partial charge is 0.251 e. The summed E-state index contributed by atoms with van der Waals surface area (Å²) in [6.07, 6.45) is 1.84. The molecule has 20 heavy (non-hydrogen) atoms. The number of benzene rings is 1. The summed E-state index contributed by atoms with van der Waals surface area (Å²) < 4.78 is 10.4. The summed E-state index contributed by atoms with van der Waals surface area (Å²) in [6, 6.07) is 7.79. The number of hydrogen-bond acceptors (Lipinski definition) is 4. The van der Waals surface area contributed by atoms with Crippen LogP contribution in [0, 0.1) is 0 Å². The number of nitrogens with one attached hydrogen (secondary N) is 2. The third kappa shape index (κ3) is 3.95. The highest BCUT2D eigenvalue weighted by atomic mass is 16.7. The van der Waals surface area contributed by atoms with Gasteiger partial charge in [0.15, 0.2) is 6.29 Å². The summed E-state index contributed by atoms with van der Waals surface area (Å²) in [5.74, 6) is -0.0150. The Labute approximate surface area is 119 Å². The monoisotopic (exact) mass is 278 g/mol. The number of rotatable bonds is 7. The van der Waals surface area contributed by atoms with Gasteiger partial charge >= 0.3 is 0 Å². The predicted octanol–water partition coefficient (Wildman–Crippen LogP) is 2.00. The molecule has 2 N–H and O–H groups in total. The lowest BCUT2D eigenvalue weighted by atomic mass is 10.1. The second kappa shape index (κ2) is 6.72. The number of ether oxygens (including phenoxy) is 2. The molecular weight excluding hydrogens is 256 g/mol. The van der Waals surface area contributed by atoms with Gasteiger partial charge in [-0.3, -0.25) is 4.79 Å². The summed E-state index contributed by atoms with van der Waals surface area (Å²) in [6.45, 7) is 1.97. The molecule has 110 valence electrons. The molecule has 1 aliphatic carbocycles. The average molecular weight is 278 g/mol. The van der Waals surface area contributed by atoms with Crippen molar-refractivity contribution in [3.8, 4) is 0 Å². The Morgan fingerprint density at radius 3 is 2.60 bits per heavy atom. The maximum absolute atomic E-state index is 12.0. The first kappa shape index (κ1) is 14.8. The largest absolute Gasteiger partial charge is 0.377 e. The molecule has 2 rings (SSSR count). The molecule has 1 aliphatic rings. The van der Waals surface area contributed by atoms with Crippen LogP contribution in [-0.4, -0.2) is 38.5 Å². The van der Waals surface area contributed by atoms with Gasteiger partial charge in [0.2, 0.25) is 0 Å². The van der Waals surface area contributed by atoms with E-state index in [1.807, 2.05) is 31.2 Å². The zero-order valence-electron chi connectivity index (χ0n) is 12.2. The van der Waals surface area contributed by atoms with E-state index in [9.17, 15) is 4.79 Å². The standard InChI is InChI=1S/C15H22N2O3/c1-10(15(19-2)20-3)16-13-6-4-5-11(9-13)14(18)17-12-7-8-12/h4-6,9-10,12,15-16H,7-8H2,1-3H3,(H,17,18). The summed E-state index contributed by atoms with van der Waals surface area (Å²) in [7, 11) is 3.21. The molecule has 0 aliphatic heterocycles. The van der Waals surface area contributed by atoms with Gasteiger partial charge in [-0.2, -0.15) is 0 Å². The molecule has 1 aromatic carbocycles. The Morgan fingerprint density at radius 1 is 1.30 bits per heavy atom. The van der Waals surface area contributed by atoms with Crippen LogP contribution in [0.25, 0.3) is 0 Å². The van der Waals surface area contributed by atoms with E-state index in [4.69, 9.17) is 9.47 Å². The highest BCUT2D eigenvalue weighted by molar-refractivity contribution is 5.95. The van der Waals surface area contributed by atoms with Crippen LogP contribution in [0.5, 0.6) is 0 Å². The number of carbonyl (C=O) groups is 1. The van der Waals surface area contributed by atoms with E-state index in [1.165, 1.54) is 0 Å². The van der Waals surface area contributed by atoms with E-state index in [0.717, 1.165) is 18.5 Å². The van der Waals surface area contributed by atoms with Crippen LogP contribution in [0.1, 0.15) is 30.1 Å².